The minimum atomic E-state index is 0.0375. The number of fused-ring (bicyclic) bond motifs is 2. The number of ether oxygens (including phenoxy) is 1. The van der Waals surface area contributed by atoms with E-state index < -0.39 is 0 Å². The molecule has 1 N–H and O–H groups in total. The highest BCUT2D eigenvalue weighted by molar-refractivity contribution is 6.31. The zero-order valence-corrected chi connectivity index (χ0v) is 17.2. The highest BCUT2D eigenvalue weighted by Crippen LogP contribution is 2.40. The van der Waals surface area contributed by atoms with Gasteiger partial charge in [-0.1, -0.05) is 41.4 Å². The van der Waals surface area contributed by atoms with Gasteiger partial charge in [-0.3, -0.25) is 9.69 Å². The number of carbonyl (C=O) groups is 1. The van der Waals surface area contributed by atoms with Gasteiger partial charge in [0.2, 0.25) is 5.91 Å². The van der Waals surface area contributed by atoms with E-state index in [4.69, 9.17) is 16.3 Å². The van der Waals surface area contributed by atoms with Crippen molar-refractivity contribution in [2.75, 3.05) is 12.4 Å². The molecule has 2 fully saturated rings. The smallest absolute Gasteiger partial charge is 0.227 e. The molecule has 0 radical (unpaired) electrons. The van der Waals surface area contributed by atoms with E-state index in [0.717, 1.165) is 19.4 Å². The fourth-order valence-corrected chi connectivity index (χ4v) is 4.84. The minimum absolute atomic E-state index is 0.0375. The van der Waals surface area contributed by atoms with Crippen LogP contribution >= 0.6 is 11.6 Å². The number of benzene rings is 2. The Morgan fingerprint density at radius 1 is 1.14 bits per heavy atom. The van der Waals surface area contributed by atoms with Gasteiger partial charge in [-0.05, 0) is 56.4 Å². The van der Waals surface area contributed by atoms with Gasteiger partial charge in [-0.2, -0.15) is 0 Å². The van der Waals surface area contributed by atoms with Crippen molar-refractivity contribution in [2.24, 2.45) is 5.92 Å². The van der Waals surface area contributed by atoms with Crippen LogP contribution in [-0.4, -0.2) is 30.0 Å². The number of hydrogen-bond donors (Lipinski definition) is 1. The van der Waals surface area contributed by atoms with Gasteiger partial charge in [0, 0.05) is 29.6 Å². The molecule has 0 saturated carbocycles. The molecule has 2 aromatic rings. The molecule has 1 amide bonds. The first-order valence-electron chi connectivity index (χ1n) is 9.99. The number of amides is 1. The molecule has 2 aliphatic heterocycles. The summed E-state index contributed by atoms with van der Waals surface area (Å²) in [5.41, 5.74) is 3.29. The van der Waals surface area contributed by atoms with Crippen molar-refractivity contribution < 1.29 is 9.53 Å². The Kier molecular flexibility index (Phi) is 5.61. The first kappa shape index (κ1) is 19.3. The van der Waals surface area contributed by atoms with Gasteiger partial charge >= 0.3 is 0 Å². The SMILES string of the molecule is COc1ccc(Cl)cc1NC(=O)C1CC2CCC(C1)N2Cc1ccc(C)cc1. The summed E-state index contributed by atoms with van der Waals surface area (Å²) in [7, 11) is 1.60. The van der Waals surface area contributed by atoms with Crippen molar-refractivity contribution in [1.29, 1.82) is 0 Å². The molecular weight excluding hydrogens is 372 g/mol. The Hall–Kier alpha value is -2.04. The van der Waals surface area contributed by atoms with Crippen LogP contribution in [0.5, 0.6) is 5.75 Å². The second-order valence-electron chi connectivity index (χ2n) is 8.05. The lowest BCUT2D eigenvalue weighted by Gasteiger charge is -2.38. The number of halogens is 1. The van der Waals surface area contributed by atoms with Crippen molar-refractivity contribution >= 4 is 23.2 Å². The number of nitrogens with zero attached hydrogens (tertiary/aromatic N) is 1. The topological polar surface area (TPSA) is 41.6 Å². The van der Waals surface area contributed by atoms with Crippen LogP contribution in [0.15, 0.2) is 42.5 Å². The van der Waals surface area contributed by atoms with Gasteiger partial charge in [-0.25, -0.2) is 0 Å². The van der Waals surface area contributed by atoms with Crippen LogP contribution in [-0.2, 0) is 11.3 Å². The first-order chi connectivity index (χ1) is 13.5. The summed E-state index contributed by atoms with van der Waals surface area (Å²) in [4.78, 5) is 15.5. The van der Waals surface area contributed by atoms with Crippen molar-refractivity contribution in [2.45, 2.75) is 51.2 Å². The molecule has 2 saturated heterocycles. The van der Waals surface area contributed by atoms with E-state index in [0.29, 0.717) is 28.5 Å². The van der Waals surface area contributed by atoms with E-state index in [2.05, 4.69) is 41.4 Å². The number of anilines is 1. The second-order valence-corrected chi connectivity index (χ2v) is 8.48. The molecule has 2 aliphatic rings. The molecule has 2 atom stereocenters. The van der Waals surface area contributed by atoms with E-state index in [1.165, 1.54) is 24.0 Å². The predicted octanol–water partition coefficient (Wildman–Crippen LogP) is 5.04. The normalized spacial score (nSPS) is 24.2. The summed E-state index contributed by atoms with van der Waals surface area (Å²) in [5.74, 6) is 0.750. The van der Waals surface area contributed by atoms with Crippen LogP contribution in [0.3, 0.4) is 0 Å². The van der Waals surface area contributed by atoms with Gasteiger partial charge in [0.1, 0.15) is 5.75 Å². The summed E-state index contributed by atoms with van der Waals surface area (Å²) in [5, 5.41) is 3.63. The number of aryl methyl sites for hydroxylation is 1. The second kappa shape index (κ2) is 8.14. The quantitative estimate of drug-likeness (QED) is 0.767. The molecule has 148 valence electrons. The van der Waals surface area contributed by atoms with Crippen molar-refractivity contribution in [1.82, 2.24) is 4.90 Å². The number of carbonyl (C=O) groups excluding carboxylic acids is 1. The van der Waals surface area contributed by atoms with E-state index in [1.807, 2.05) is 0 Å². The number of methoxy groups -OCH3 is 1. The highest BCUT2D eigenvalue weighted by Gasteiger charge is 2.42. The van der Waals surface area contributed by atoms with Gasteiger partial charge < -0.3 is 10.1 Å². The zero-order valence-electron chi connectivity index (χ0n) is 16.5. The van der Waals surface area contributed by atoms with Crippen LogP contribution in [0.4, 0.5) is 5.69 Å². The van der Waals surface area contributed by atoms with Gasteiger partial charge in [0.15, 0.2) is 0 Å². The highest BCUT2D eigenvalue weighted by atomic mass is 35.5. The van der Waals surface area contributed by atoms with E-state index >= 15 is 0 Å². The number of nitrogens with one attached hydrogen (secondary N) is 1. The molecule has 2 aromatic carbocycles. The third kappa shape index (κ3) is 4.03. The predicted molar refractivity (Wildman–Crippen MR) is 113 cm³/mol. The fraction of sp³-hybridized carbons (Fsp3) is 0.435. The number of hydrogen-bond acceptors (Lipinski definition) is 3. The Bertz CT molecular complexity index is 838. The summed E-state index contributed by atoms with van der Waals surface area (Å²) in [6.07, 6.45) is 4.19. The summed E-state index contributed by atoms with van der Waals surface area (Å²) in [6.45, 7) is 3.10. The summed E-state index contributed by atoms with van der Waals surface area (Å²) in [6, 6.07) is 15.1. The van der Waals surface area contributed by atoms with Crippen molar-refractivity contribution in [3.8, 4) is 5.75 Å². The Balaban J connectivity index is 1.42. The van der Waals surface area contributed by atoms with Crippen molar-refractivity contribution in [3.05, 3.63) is 58.6 Å². The standard InChI is InChI=1S/C23H27ClN2O2/c1-15-3-5-16(6-4-15)14-26-19-8-9-20(26)12-17(11-19)23(27)25-21-13-18(24)7-10-22(21)28-2/h3-7,10,13,17,19-20H,8-9,11-12,14H2,1-2H3,(H,25,27). The van der Waals surface area contributed by atoms with E-state index in [1.54, 1.807) is 25.3 Å². The van der Waals surface area contributed by atoms with Crippen molar-refractivity contribution in [3.63, 3.8) is 0 Å². The molecule has 0 spiro atoms. The van der Waals surface area contributed by atoms with Gasteiger partial charge in [0.25, 0.3) is 0 Å². The lowest BCUT2D eigenvalue weighted by Crippen LogP contribution is -2.45. The molecule has 28 heavy (non-hydrogen) atoms. The Morgan fingerprint density at radius 3 is 2.46 bits per heavy atom. The van der Waals surface area contributed by atoms with Crippen LogP contribution in [0.25, 0.3) is 0 Å². The van der Waals surface area contributed by atoms with E-state index in [9.17, 15) is 4.79 Å². The van der Waals surface area contributed by atoms with Gasteiger partial charge in [-0.15, -0.1) is 0 Å². The lowest BCUT2D eigenvalue weighted by molar-refractivity contribution is -0.122. The maximum atomic E-state index is 12.9. The Morgan fingerprint density at radius 2 is 1.82 bits per heavy atom. The van der Waals surface area contributed by atoms with Crippen LogP contribution in [0.2, 0.25) is 5.02 Å². The molecule has 0 aromatic heterocycles. The third-order valence-corrected chi connectivity index (χ3v) is 6.40. The number of piperidine rings is 1. The fourth-order valence-electron chi connectivity index (χ4n) is 4.66. The zero-order chi connectivity index (χ0) is 19.7. The lowest BCUT2D eigenvalue weighted by atomic mass is 9.89. The van der Waals surface area contributed by atoms with Gasteiger partial charge in [0.05, 0.1) is 12.8 Å². The molecule has 2 unspecified atom stereocenters. The maximum Gasteiger partial charge on any atom is 0.227 e. The largest absolute Gasteiger partial charge is 0.495 e. The van der Waals surface area contributed by atoms with Crippen LogP contribution in [0, 0.1) is 12.8 Å². The molecule has 0 aliphatic carbocycles. The maximum absolute atomic E-state index is 12.9. The molecule has 4 nitrogen and oxygen atoms in total. The average molecular weight is 399 g/mol. The molecule has 5 heteroatoms. The van der Waals surface area contributed by atoms with Crippen LogP contribution in [0.1, 0.15) is 36.8 Å². The monoisotopic (exact) mass is 398 g/mol. The summed E-state index contributed by atoms with van der Waals surface area (Å²) >= 11 is 6.09. The number of rotatable bonds is 5. The molecule has 2 heterocycles. The summed E-state index contributed by atoms with van der Waals surface area (Å²) < 4.78 is 5.35. The first-order valence-corrected chi connectivity index (χ1v) is 10.4. The van der Waals surface area contributed by atoms with Crippen LogP contribution < -0.4 is 10.1 Å². The Labute approximate surface area is 171 Å². The average Bonchev–Trinajstić information content (AvgIpc) is 2.90. The molecular formula is C23H27ClN2O2. The third-order valence-electron chi connectivity index (χ3n) is 6.16. The molecule has 4 rings (SSSR count). The molecule has 2 bridgehead atoms. The van der Waals surface area contributed by atoms with E-state index in [-0.39, 0.29) is 11.8 Å². The minimum Gasteiger partial charge on any atom is -0.495 e.